The van der Waals surface area contributed by atoms with Crippen LogP contribution in [0.4, 0.5) is 0 Å². The molecule has 14 heavy (non-hydrogen) atoms. The van der Waals surface area contributed by atoms with Gasteiger partial charge in [-0.05, 0) is 43.9 Å². The van der Waals surface area contributed by atoms with Gasteiger partial charge in [0.1, 0.15) is 0 Å². The van der Waals surface area contributed by atoms with Crippen LogP contribution in [0.3, 0.4) is 0 Å². The Morgan fingerprint density at radius 3 is 2.64 bits per heavy atom. The lowest BCUT2D eigenvalue weighted by molar-refractivity contribution is 0.187. The fourth-order valence-electron chi connectivity index (χ4n) is 1.57. The molecule has 0 aliphatic carbocycles. The van der Waals surface area contributed by atoms with Gasteiger partial charge in [-0.2, -0.15) is 0 Å². The van der Waals surface area contributed by atoms with Crippen LogP contribution in [0.2, 0.25) is 0 Å². The summed E-state index contributed by atoms with van der Waals surface area (Å²) in [6, 6.07) is 4.31. The predicted octanol–water partition coefficient (Wildman–Crippen LogP) is 1.80. The molecule has 0 amide bonds. The highest BCUT2D eigenvalue weighted by Crippen LogP contribution is 2.22. The second kappa shape index (κ2) is 5.49. The zero-order valence-electron chi connectivity index (χ0n) is 8.86. The Bertz CT molecular complexity index is 268. The lowest BCUT2D eigenvalue weighted by atomic mass is 9.91. The number of hydrogen-bond acceptors (Lipinski definition) is 3. The number of aliphatic hydroxyl groups is 1. The molecule has 0 aliphatic rings. The zero-order valence-corrected chi connectivity index (χ0v) is 9.68. The van der Waals surface area contributed by atoms with Crippen LogP contribution >= 0.6 is 11.3 Å². The van der Waals surface area contributed by atoms with Gasteiger partial charge in [-0.25, -0.2) is 0 Å². The number of nitrogens with two attached hydrogens (primary N) is 1. The minimum absolute atomic E-state index is 0.196. The molecule has 0 aromatic carbocycles. The van der Waals surface area contributed by atoms with E-state index in [9.17, 15) is 0 Å². The minimum atomic E-state index is 0.196. The van der Waals surface area contributed by atoms with Gasteiger partial charge in [0.2, 0.25) is 0 Å². The summed E-state index contributed by atoms with van der Waals surface area (Å²) >= 11 is 1.83. The van der Waals surface area contributed by atoms with Gasteiger partial charge >= 0.3 is 0 Å². The van der Waals surface area contributed by atoms with Crippen LogP contribution in [0.25, 0.3) is 0 Å². The van der Waals surface area contributed by atoms with Crippen molar-refractivity contribution in [3.63, 3.8) is 0 Å². The topological polar surface area (TPSA) is 46.2 Å². The maximum Gasteiger partial charge on any atom is 0.0474 e. The van der Waals surface area contributed by atoms with Crippen LogP contribution in [-0.4, -0.2) is 18.3 Å². The first-order valence-electron chi connectivity index (χ1n) is 5.03. The lowest BCUT2D eigenvalue weighted by Gasteiger charge is -2.19. The number of aliphatic hydroxyl groups excluding tert-OH is 1. The van der Waals surface area contributed by atoms with E-state index in [0.29, 0.717) is 12.5 Å². The van der Waals surface area contributed by atoms with E-state index in [2.05, 4.69) is 26.0 Å². The van der Waals surface area contributed by atoms with Crippen molar-refractivity contribution >= 4 is 11.3 Å². The van der Waals surface area contributed by atoms with E-state index in [4.69, 9.17) is 10.8 Å². The Kier molecular flexibility index (Phi) is 4.58. The van der Waals surface area contributed by atoms with Crippen LogP contribution in [0.1, 0.15) is 16.7 Å². The Hall–Kier alpha value is -0.380. The molecular formula is C11H19NOS. The third-order valence-corrected chi connectivity index (χ3v) is 3.68. The molecule has 2 unspecified atom stereocenters. The Balaban J connectivity index is 2.51. The van der Waals surface area contributed by atoms with Crippen molar-refractivity contribution in [1.29, 1.82) is 0 Å². The van der Waals surface area contributed by atoms with E-state index >= 15 is 0 Å². The average Bonchev–Trinajstić information content (AvgIpc) is 2.53. The third-order valence-electron chi connectivity index (χ3n) is 2.66. The summed E-state index contributed by atoms with van der Waals surface area (Å²) < 4.78 is 0. The number of rotatable bonds is 5. The molecule has 1 aromatic heterocycles. The summed E-state index contributed by atoms with van der Waals surface area (Å²) in [4.78, 5) is 2.74. The Labute approximate surface area is 89.8 Å². The zero-order chi connectivity index (χ0) is 10.6. The first kappa shape index (κ1) is 11.7. The van der Waals surface area contributed by atoms with Gasteiger partial charge in [0.15, 0.2) is 0 Å². The van der Waals surface area contributed by atoms with Crippen molar-refractivity contribution < 1.29 is 5.11 Å². The minimum Gasteiger partial charge on any atom is -0.396 e. The van der Waals surface area contributed by atoms with Crippen molar-refractivity contribution in [3.8, 4) is 0 Å². The van der Waals surface area contributed by atoms with Crippen LogP contribution in [0.5, 0.6) is 0 Å². The summed E-state index contributed by atoms with van der Waals surface area (Å²) in [5.41, 5.74) is 5.59. The molecule has 80 valence electrons. The smallest absolute Gasteiger partial charge is 0.0474 e. The Morgan fingerprint density at radius 1 is 1.50 bits per heavy atom. The van der Waals surface area contributed by atoms with E-state index in [-0.39, 0.29) is 12.5 Å². The molecule has 1 heterocycles. The highest BCUT2D eigenvalue weighted by atomic mass is 32.1. The molecule has 2 atom stereocenters. The van der Waals surface area contributed by atoms with Gasteiger partial charge in [0, 0.05) is 16.4 Å². The summed E-state index contributed by atoms with van der Waals surface area (Å²) in [6.07, 6.45) is 1.03. The molecule has 0 aliphatic heterocycles. The van der Waals surface area contributed by atoms with E-state index in [1.54, 1.807) is 0 Å². The highest BCUT2D eigenvalue weighted by molar-refractivity contribution is 7.11. The molecule has 3 heteroatoms. The molecule has 0 saturated carbocycles. The lowest BCUT2D eigenvalue weighted by Crippen LogP contribution is -2.26. The molecular weight excluding hydrogens is 194 g/mol. The predicted molar refractivity (Wildman–Crippen MR) is 61.6 cm³/mol. The van der Waals surface area contributed by atoms with Gasteiger partial charge in [-0.15, -0.1) is 11.3 Å². The summed E-state index contributed by atoms with van der Waals surface area (Å²) in [5.74, 6) is 0.695. The molecule has 0 saturated heterocycles. The number of hydrogen-bond donors (Lipinski definition) is 2. The van der Waals surface area contributed by atoms with Gasteiger partial charge in [-0.3, -0.25) is 0 Å². The first-order chi connectivity index (χ1) is 6.67. The fraction of sp³-hybridized carbons (Fsp3) is 0.636. The Morgan fingerprint density at radius 2 is 2.21 bits per heavy atom. The standard InChI is InChI=1S/C11H19NOS/c1-8(10(6-12)7-13)5-11-4-3-9(2)14-11/h3-4,8,10,13H,5-7,12H2,1-2H3. The number of thiophene rings is 1. The van der Waals surface area contributed by atoms with Crippen molar-refractivity contribution in [2.45, 2.75) is 20.3 Å². The molecule has 1 rings (SSSR count). The van der Waals surface area contributed by atoms with Gasteiger partial charge in [0.25, 0.3) is 0 Å². The SMILES string of the molecule is Cc1ccc(CC(C)C(CN)CO)s1. The van der Waals surface area contributed by atoms with Crippen molar-refractivity contribution in [2.75, 3.05) is 13.2 Å². The van der Waals surface area contributed by atoms with Crippen LogP contribution in [0, 0.1) is 18.8 Å². The summed E-state index contributed by atoms with van der Waals surface area (Å²) in [7, 11) is 0. The van der Waals surface area contributed by atoms with Crippen molar-refractivity contribution in [1.82, 2.24) is 0 Å². The van der Waals surface area contributed by atoms with Crippen LogP contribution in [0.15, 0.2) is 12.1 Å². The fourth-order valence-corrected chi connectivity index (χ4v) is 2.60. The second-order valence-electron chi connectivity index (χ2n) is 3.87. The maximum absolute atomic E-state index is 9.10. The molecule has 0 spiro atoms. The molecule has 3 N–H and O–H groups in total. The van der Waals surface area contributed by atoms with E-state index in [1.165, 1.54) is 9.75 Å². The van der Waals surface area contributed by atoms with E-state index in [0.717, 1.165) is 6.42 Å². The van der Waals surface area contributed by atoms with Gasteiger partial charge < -0.3 is 10.8 Å². The third kappa shape index (κ3) is 3.08. The largest absolute Gasteiger partial charge is 0.396 e. The van der Waals surface area contributed by atoms with E-state index < -0.39 is 0 Å². The second-order valence-corrected chi connectivity index (χ2v) is 5.24. The average molecular weight is 213 g/mol. The molecule has 2 nitrogen and oxygen atoms in total. The molecule has 0 radical (unpaired) electrons. The highest BCUT2D eigenvalue weighted by Gasteiger charge is 2.15. The quantitative estimate of drug-likeness (QED) is 0.783. The normalized spacial score (nSPS) is 15.4. The monoisotopic (exact) mass is 213 g/mol. The van der Waals surface area contributed by atoms with Crippen molar-refractivity contribution in [2.24, 2.45) is 17.6 Å². The molecule has 1 aromatic rings. The summed E-state index contributed by atoms with van der Waals surface area (Å²) in [5, 5.41) is 9.10. The van der Waals surface area contributed by atoms with Crippen LogP contribution < -0.4 is 5.73 Å². The summed E-state index contributed by atoms with van der Waals surface area (Å²) in [6.45, 7) is 5.04. The molecule has 0 fully saturated rings. The van der Waals surface area contributed by atoms with Crippen LogP contribution in [-0.2, 0) is 6.42 Å². The number of aryl methyl sites for hydroxylation is 1. The van der Waals surface area contributed by atoms with E-state index in [1.807, 2.05) is 11.3 Å². The van der Waals surface area contributed by atoms with Crippen molar-refractivity contribution in [3.05, 3.63) is 21.9 Å². The van der Waals surface area contributed by atoms with Gasteiger partial charge in [0.05, 0.1) is 0 Å². The first-order valence-corrected chi connectivity index (χ1v) is 5.85. The van der Waals surface area contributed by atoms with Gasteiger partial charge in [-0.1, -0.05) is 6.92 Å². The molecule has 0 bridgehead atoms. The maximum atomic E-state index is 9.10.